The number of allylic oxidation sites excluding steroid dienone is 2. The van der Waals surface area contributed by atoms with Crippen LogP contribution in [0, 0.1) is 40.4 Å². The van der Waals surface area contributed by atoms with Gasteiger partial charge in [0.2, 0.25) is 0 Å². The monoisotopic (exact) mass is 426 g/mol. The highest BCUT2D eigenvalue weighted by Gasteiger charge is 2.58. The molecule has 2 heteroatoms. The fourth-order valence-corrected chi connectivity index (χ4v) is 8.55. The summed E-state index contributed by atoms with van der Waals surface area (Å²) in [6.07, 6.45) is 16.5. The summed E-state index contributed by atoms with van der Waals surface area (Å²) in [7, 11) is 0. The Labute approximate surface area is 191 Å². The summed E-state index contributed by atoms with van der Waals surface area (Å²) >= 11 is 0. The summed E-state index contributed by atoms with van der Waals surface area (Å²) in [5.41, 5.74) is 3.95. The van der Waals surface area contributed by atoms with Gasteiger partial charge in [0.25, 0.3) is 0 Å². The van der Waals surface area contributed by atoms with Gasteiger partial charge in [-0.05, 0) is 98.2 Å². The molecule has 4 unspecified atom stereocenters. The highest BCUT2D eigenvalue weighted by atomic mass is 16.5. The van der Waals surface area contributed by atoms with Crippen LogP contribution in [-0.2, 0) is 9.53 Å². The quantitative estimate of drug-likeness (QED) is 0.319. The van der Waals surface area contributed by atoms with E-state index in [0.717, 1.165) is 42.4 Å². The van der Waals surface area contributed by atoms with Gasteiger partial charge in [0.15, 0.2) is 0 Å². The predicted octanol–water partition coefficient (Wildman–Crippen LogP) is 7.88. The van der Waals surface area contributed by atoms with Crippen molar-refractivity contribution in [3.8, 4) is 0 Å². The second-order valence-electron chi connectivity index (χ2n) is 12.4. The van der Waals surface area contributed by atoms with Crippen molar-refractivity contribution in [1.29, 1.82) is 0 Å². The Bertz CT molecular complexity index is 733. The zero-order valence-electron chi connectivity index (χ0n) is 20.8. The lowest BCUT2D eigenvalue weighted by molar-refractivity contribution is -0.148. The van der Waals surface area contributed by atoms with E-state index in [0.29, 0.717) is 10.8 Å². The SMILES string of the molecule is C=C(CCCC(C)C)C1CCC2C3CC=C4C[C@@H](OC(C)=O)CC[C@]4(C)C3CC[C@]12C. The highest BCUT2D eigenvalue weighted by molar-refractivity contribution is 5.66. The minimum absolute atomic E-state index is 0.104. The summed E-state index contributed by atoms with van der Waals surface area (Å²) in [4.78, 5) is 11.5. The Morgan fingerprint density at radius 3 is 2.65 bits per heavy atom. The van der Waals surface area contributed by atoms with Crippen molar-refractivity contribution in [2.24, 2.45) is 40.4 Å². The Morgan fingerprint density at radius 1 is 1.16 bits per heavy atom. The number of hydrogen-bond acceptors (Lipinski definition) is 2. The largest absolute Gasteiger partial charge is 0.462 e. The second kappa shape index (κ2) is 8.71. The summed E-state index contributed by atoms with van der Waals surface area (Å²) in [5.74, 6) is 3.93. The molecule has 0 aromatic carbocycles. The summed E-state index contributed by atoms with van der Waals surface area (Å²) in [6.45, 7) is 16.0. The molecule has 0 saturated heterocycles. The zero-order valence-corrected chi connectivity index (χ0v) is 20.8. The minimum Gasteiger partial charge on any atom is -0.462 e. The number of carbonyl (C=O) groups is 1. The van der Waals surface area contributed by atoms with Gasteiger partial charge in [-0.2, -0.15) is 0 Å². The van der Waals surface area contributed by atoms with Gasteiger partial charge in [-0.25, -0.2) is 0 Å². The van der Waals surface area contributed by atoms with E-state index < -0.39 is 0 Å². The molecule has 0 heterocycles. The topological polar surface area (TPSA) is 26.3 Å². The lowest BCUT2D eigenvalue weighted by Gasteiger charge is -2.58. The van der Waals surface area contributed by atoms with Gasteiger partial charge in [-0.15, -0.1) is 0 Å². The summed E-state index contributed by atoms with van der Waals surface area (Å²) in [6, 6.07) is 0. The molecular weight excluding hydrogens is 380 g/mol. The van der Waals surface area contributed by atoms with Crippen LogP contribution in [0.5, 0.6) is 0 Å². The molecule has 0 aromatic heterocycles. The van der Waals surface area contributed by atoms with E-state index in [1.807, 2.05) is 0 Å². The summed E-state index contributed by atoms with van der Waals surface area (Å²) in [5, 5.41) is 0. The first-order valence-electron chi connectivity index (χ1n) is 13.2. The zero-order chi connectivity index (χ0) is 22.4. The molecule has 7 atom stereocenters. The van der Waals surface area contributed by atoms with E-state index in [4.69, 9.17) is 4.74 Å². The van der Waals surface area contributed by atoms with Gasteiger partial charge in [0.1, 0.15) is 6.10 Å². The molecule has 4 rings (SSSR count). The fraction of sp³-hybridized carbons (Fsp3) is 0.828. The van der Waals surface area contributed by atoms with E-state index >= 15 is 0 Å². The number of fused-ring (bicyclic) bond motifs is 5. The van der Waals surface area contributed by atoms with Gasteiger partial charge in [0, 0.05) is 13.3 Å². The molecule has 3 fully saturated rings. The van der Waals surface area contributed by atoms with Crippen molar-refractivity contribution < 1.29 is 9.53 Å². The van der Waals surface area contributed by atoms with Crippen LogP contribution in [0.1, 0.15) is 105 Å². The van der Waals surface area contributed by atoms with Crippen molar-refractivity contribution in [2.75, 3.05) is 0 Å². The molecule has 0 aliphatic heterocycles. The van der Waals surface area contributed by atoms with Crippen molar-refractivity contribution in [2.45, 2.75) is 111 Å². The van der Waals surface area contributed by atoms with Gasteiger partial charge < -0.3 is 4.74 Å². The molecule has 0 spiro atoms. The van der Waals surface area contributed by atoms with E-state index in [1.54, 1.807) is 18.1 Å². The van der Waals surface area contributed by atoms with Crippen molar-refractivity contribution >= 4 is 5.97 Å². The first-order valence-corrected chi connectivity index (χ1v) is 13.2. The maximum absolute atomic E-state index is 11.5. The van der Waals surface area contributed by atoms with Gasteiger partial charge >= 0.3 is 5.97 Å². The van der Waals surface area contributed by atoms with Crippen molar-refractivity contribution in [1.82, 2.24) is 0 Å². The molecule has 0 bridgehead atoms. The molecule has 0 amide bonds. The first kappa shape index (κ1) is 23.1. The molecule has 0 aromatic rings. The second-order valence-corrected chi connectivity index (χ2v) is 12.4. The van der Waals surface area contributed by atoms with E-state index in [2.05, 4.69) is 40.3 Å². The molecule has 2 nitrogen and oxygen atoms in total. The molecular formula is C29H46O2. The van der Waals surface area contributed by atoms with E-state index in [9.17, 15) is 4.79 Å². The number of ether oxygens (including phenoxy) is 1. The Kier molecular flexibility index (Phi) is 6.50. The minimum atomic E-state index is -0.123. The normalized spacial score (nSPS) is 41.7. The third-order valence-corrected chi connectivity index (χ3v) is 10.2. The predicted molar refractivity (Wildman–Crippen MR) is 129 cm³/mol. The van der Waals surface area contributed by atoms with Crippen LogP contribution in [0.4, 0.5) is 0 Å². The van der Waals surface area contributed by atoms with Gasteiger partial charge in [-0.3, -0.25) is 4.79 Å². The summed E-state index contributed by atoms with van der Waals surface area (Å²) < 4.78 is 5.60. The Hall–Kier alpha value is -1.05. The molecule has 4 aliphatic rings. The van der Waals surface area contributed by atoms with Gasteiger partial charge in [0.05, 0.1) is 0 Å². The van der Waals surface area contributed by atoms with Crippen LogP contribution in [0.2, 0.25) is 0 Å². The molecule has 31 heavy (non-hydrogen) atoms. The Morgan fingerprint density at radius 2 is 1.94 bits per heavy atom. The Balaban J connectivity index is 1.47. The lowest BCUT2D eigenvalue weighted by Crippen LogP contribution is -2.50. The van der Waals surface area contributed by atoms with Crippen molar-refractivity contribution in [3.63, 3.8) is 0 Å². The maximum Gasteiger partial charge on any atom is 0.302 e. The molecule has 3 saturated carbocycles. The molecule has 4 aliphatic carbocycles. The third kappa shape index (κ3) is 4.18. The van der Waals surface area contributed by atoms with E-state index in [1.165, 1.54) is 57.8 Å². The lowest BCUT2D eigenvalue weighted by atomic mass is 9.47. The maximum atomic E-state index is 11.5. The third-order valence-electron chi connectivity index (χ3n) is 10.2. The van der Waals surface area contributed by atoms with E-state index in [-0.39, 0.29) is 12.1 Å². The molecule has 0 N–H and O–H groups in total. The van der Waals surface area contributed by atoms with Crippen molar-refractivity contribution in [3.05, 3.63) is 23.8 Å². The van der Waals surface area contributed by atoms with Crippen LogP contribution in [-0.4, -0.2) is 12.1 Å². The first-order chi connectivity index (χ1) is 14.6. The highest BCUT2D eigenvalue weighted by Crippen LogP contribution is 2.67. The smallest absolute Gasteiger partial charge is 0.302 e. The van der Waals surface area contributed by atoms with Crippen LogP contribution in [0.25, 0.3) is 0 Å². The number of hydrogen-bond donors (Lipinski definition) is 0. The number of esters is 1. The van der Waals surface area contributed by atoms with Crippen LogP contribution in [0.15, 0.2) is 23.8 Å². The van der Waals surface area contributed by atoms with Gasteiger partial charge in [-0.1, -0.05) is 57.9 Å². The van der Waals surface area contributed by atoms with Crippen LogP contribution < -0.4 is 0 Å². The molecule has 0 radical (unpaired) electrons. The standard InChI is InChI=1S/C29H46O2/c1-19(2)8-7-9-20(3)25-12-13-26-24-11-10-22-18-23(31-21(4)30)14-16-28(22,5)27(24)15-17-29(25,26)6/h10,19,23-27H,3,7-9,11-18H2,1-2,4-6H3/t23-,24?,25?,26?,27?,28-,29+/m0/s1. The average molecular weight is 427 g/mol. The fourth-order valence-electron chi connectivity index (χ4n) is 8.55. The van der Waals surface area contributed by atoms with Crippen LogP contribution >= 0.6 is 0 Å². The molecule has 174 valence electrons. The number of rotatable bonds is 6. The van der Waals surface area contributed by atoms with Crippen LogP contribution in [0.3, 0.4) is 0 Å². The average Bonchev–Trinajstić information content (AvgIpc) is 3.05. The number of carbonyl (C=O) groups excluding carboxylic acids is 1.